The molecular formula is C18H20FN3O3. The number of phenols is 1. The van der Waals surface area contributed by atoms with Crippen molar-refractivity contribution in [2.24, 2.45) is 0 Å². The maximum Gasteiger partial charge on any atom is 0.255 e. The lowest BCUT2D eigenvalue weighted by Crippen LogP contribution is -2.35. The van der Waals surface area contributed by atoms with Crippen molar-refractivity contribution in [2.75, 3.05) is 13.7 Å². The van der Waals surface area contributed by atoms with Crippen molar-refractivity contribution >= 4 is 0 Å². The smallest absolute Gasteiger partial charge is 0.255 e. The zero-order valence-electron chi connectivity index (χ0n) is 14.0. The molecule has 1 aliphatic carbocycles. The van der Waals surface area contributed by atoms with E-state index in [1.165, 1.54) is 13.2 Å². The Balaban J connectivity index is 1.55. The summed E-state index contributed by atoms with van der Waals surface area (Å²) in [5.41, 5.74) is 2.21. The van der Waals surface area contributed by atoms with E-state index in [1.807, 2.05) is 0 Å². The van der Waals surface area contributed by atoms with Crippen LogP contribution in [0, 0.1) is 5.82 Å². The highest BCUT2D eigenvalue weighted by molar-refractivity contribution is 5.43. The molecule has 6 nitrogen and oxygen atoms in total. The van der Waals surface area contributed by atoms with Crippen LogP contribution in [0.2, 0.25) is 0 Å². The number of halogens is 1. The highest BCUT2D eigenvalue weighted by atomic mass is 19.1. The van der Waals surface area contributed by atoms with Crippen LogP contribution in [-0.4, -0.2) is 33.6 Å². The molecule has 0 amide bonds. The normalized spacial score (nSPS) is 17.4. The summed E-state index contributed by atoms with van der Waals surface area (Å²) in [5.74, 6) is 0.163. The number of hydrogen-bond acceptors (Lipinski definition) is 5. The van der Waals surface area contributed by atoms with Gasteiger partial charge < -0.3 is 14.8 Å². The number of H-pyrrole nitrogens is 1. The number of nitrogens with zero attached hydrogens (tertiary/aromatic N) is 2. The number of benzene rings is 1. The van der Waals surface area contributed by atoms with Crippen molar-refractivity contribution in [3.05, 3.63) is 50.9 Å². The van der Waals surface area contributed by atoms with Crippen LogP contribution in [0.1, 0.15) is 41.4 Å². The maximum atomic E-state index is 13.8. The van der Waals surface area contributed by atoms with Gasteiger partial charge in [-0.25, -0.2) is 9.37 Å². The summed E-state index contributed by atoms with van der Waals surface area (Å²) in [7, 11) is 1.39. The van der Waals surface area contributed by atoms with E-state index in [0.29, 0.717) is 36.6 Å². The molecule has 1 aromatic heterocycles. The monoisotopic (exact) mass is 345 g/mol. The van der Waals surface area contributed by atoms with E-state index in [9.17, 15) is 14.3 Å². The van der Waals surface area contributed by atoms with Gasteiger partial charge in [0.1, 0.15) is 5.82 Å². The third-order valence-corrected chi connectivity index (χ3v) is 4.84. The molecule has 2 aromatic rings. The Morgan fingerprint density at radius 1 is 1.44 bits per heavy atom. The second kappa shape index (κ2) is 6.15. The fourth-order valence-electron chi connectivity index (χ4n) is 3.32. The highest BCUT2D eigenvalue weighted by Gasteiger charge is 2.29. The molecule has 4 rings (SSSR count). The summed E-state index contributed by atoms with van der Waals surface area (Å²) < 4.78 is 18.8. The summed E-state index contributed by atoms with van der Waals surface area (Å²) in [4.78, 5) is 22.0. The number of phenolic OH excluding ortho intramolecular Hbond substituents is 1. The van der Waals surface area contributed by atoms with Crippen LogP contribution in [0.25, 0.3) is 0 Å². The Hall–Kier alpha value is -2.41. The van der Waals surface area contributed by atoms with E-state index in [4.69, 9.17) is 4.74 Å². The number of aromatic nitrogens is 2. The first kappa shape index (κ1) is 16.1. The number of aromatic hydroxyl groups is 1. The van der Waals surface area contributed by atoms with Gasteiger partial charge in [-0.2, -0.15) is 0 Å². The van der Waals surface area contributed by atoms with E-state index in [1.54, 1.807) is 6.07 Å². The molecule has 7 heteroatoms. The third-order valence-electron chi connectivity index (χ3n) is 4.84. The van der Waals surface area contributed by atoms with E-state index in [2.05, 4.69) is 14.9 Å². The molecule has 1 aromatic carbocycles. The maximum absolute atomic E-state index is 13.8. The summed E-state index contributed by atoms with van der Waals surface area (Å²) in [6.07, 6.45) is 2.90. The van der Waals surface area contributed by atoms with E-state index < -0.39 is 11.6 Å². The van der Waals surface area contributed by atoms with Crippen molar-refractivity contribution < 1.29 is 14.2 Å². The van der Waals surface area contributed by atoms with Gasteiger partial charge in [-0.3, -0.25) is 9.69 Å². The Labute approximate surface area is 144 Å². The minimum absolute atomic E-state index is 0.0638. The Kier molecular flexibility index (Phi) is 3.95. The number of nitrogens with one attached hydrogen (secondary N) is 1. The Bertz CT molecular complexity index is 877. The molecule has 0 spiro atoms. The molecule has 1 saturated carbocycles. The molecule has 0 unspecified atom stereocenters. The minimum atomic E-state index is -0.708. The summed E-state index contributed by atoms with van der Waals surface area (Å²) >= 11 is 0. The van der Waals surface area contributed by atoms with Crippen molar-refractivity contribution in [3.63, 3.8) is 0 Å². The van der Waals surface area contributed by atoms with Gasteiger partial charge in [-0.1, -0.05) is 0 Å². The predicted molar refractivity (Wildman–Crippen MR) is 89.3 cm³/mol. The third kappa shape index (κ3) is 3.11. The lowest BCUT2D eigenvalue weighted by molar-refractivity contribution is 0.240. The predicted octanol–water partition coefficient (Wildman–Crippen LogP) is 2.06. The van der Waals surface area contributed by atoms with Crippen LogP contribution in [0.15, 0.2) is 16.9 Å². The van der Waals surface area contributed by atoms with Crippen molar-refractivity contribution in [2.45, 2.75) is 38.3 Å². The minimum Gasteiger partial charge on any atom is -0.502 e. The van der Waals surface area contributed by atoms with Crippen LogP contribution >= 0.6 is 0 Å². The lowest BCUT2D eigenvalue weighted by Gasteiger charge is -2.28. The number of rotatable bonds is 4. The zero-order valence-corrected chi connectivity index (χ0v) is 14.0. The fourth-order valence-corrected chi connectivity index (χ4v) is 3.32. The average Bonchev–Trinajstić information content (AvgIpc) is 3.43. The van der Waals surface area contributed by atoms with Crippen LogP contribution in [0.3, 0.4) is 0 Å². The van der Waals surface area contributed by atoms with Gasteiger partial charge in [0, 0.05) is 32.0 Å². The second-order valence-electron chi connectivity index (χ2n) is 6.74. The summed E-state index contributed by atoms with van der Waals surface area (Å²) in [5, 5.41) is 9.60. The van der Waals surface area contributed by atoms with Crippen molar-refractivity contribution in [1.82, 2.24) is 14.9 Å². The summed E-state index contributed by atoms with van der Waals surface area (Å²) in [6, 6.07) is 2.92. The molecule has 2 N–H and O–H groups in total. The first-order valence-corrected chi connectivity index (χ1v) is 8.45. The number of methoxy groups -OCH3 is 1. The largest absolute Gasteiger partial charge is 0.502 e. The molecule has 0 atom stereocenters. The van der Waals surface area contributed by atoms with Crippen LogP contribution < -0.4 is 10.3 Å². The molecule has 132 valence electrons. The topological polar surface area (TPSA) is 78.5 Å². The van der Waals surface area contributed by atoms with E-state index in [-0.39, 0.29) is 11.3 Å². The van der Waals surface area contributed by atoms with Gasteiger partial charge in [0.15, 0.2) is 17.3 Å². The van der Waals surface area contributed by atoms with Gasteiger partial charge >= 0.3 is 0 Å². The van der Waals surface area contributed by atoms with Gasteiger partial charge in [-0.05, 0) is 30.5 Å². The molecule has 1 fully saturated rings. The zero-order chi connectivity index (χ0) is 17.6. The quantitative estimate of drug-likeness (QED) is 0.887. The number of hydrogen-bond donors (Lipinski definition) is 2. The standard InChI is InChI=1S/C18H20FN3O3/c1-25-15-7-10(6-13(19)16(15)23)8-22-5-4-14-12(9-22)18(24)21-17(20-14)11-2-3-11/h6-7,11,23H,2-5,8-9H2,1H3,(H,20,21,24). The van der Waals surface area contributed by atoms with Crippen molar-refractivity contribution in [1.29, 1.82) is 0 Å². The van der Waals surface area contributed by atoms with Crippen LogP contribution in [-0.2, 0) is 19.5 Å². The van der Waals surface area contributed by atoms with Gasteiger partial charge in [-0.15, -0.1) is 0 Å². The SMILES string of the molecule is COc1cc(CN2CCc3nc(C4CC4)[nH]c(=O)c3C2)cc(F)c1O. The highest BCUT2D eigenvalue weighted by Crippen LogP contribution is 2.38. The molecule has 2 aliphatic rings. The molecular weight excluding hydrogens is 325 g/mol. The number of ether oxygens (including phenoxy) is 1. The molecule has 25 heavy (non-hydrogen) atoms. The van der Waals surface area contributed by atoms with Gasteiger partial charge in [0.2, 0.25) is 0 Å². The first-order valence-electron chi connectivity index (χ1n) is 8.45. The molecule has 2 heterocycles. The summed E-state index contributed by atoms with van der Waals surface area (Å²) in [6.45, 7) is 1.70. The van der Waals surface area contributed by atoms with Crippen LogP contribution in [0.4, 0.5) is 4.39 Å². The van der Waals surface area contributed by atoms with E-state index in [0.717, 1.165) is 30.9 Å². The van der Waals surface area contributed by atoms with Gasteiger partial charge in [0.25, 0.3) is 5.56 Å². The number of fused-ring (bicyclic) bond motifs is 1. The van der Waals surface area contributed by atoms with E-state index >= 15 is 0 Å². The Morgan fingerprint density at radius 2 is 2.24 bits per heavy atom. The lowest BCUT2D eigenvalue weighted by atomic mass is 10.1. The van der Waals surface area contributed by atoms with Crippen molar-refractivity contribution in [3.8, 4) is 11.5 Å². The number of aromatic amines is 1. The average molecular weight is 345 g/mol. The fraction of sp³-hybridized carbons (Fsp3) is 0.444. The molecule has 1 aliphatic heterocycles. The Morgan fingerprint density at radius 3 is 2.96 bits per heavy atom. The van der Waals surface area contributed by atoms with Crippen LogP contribution in [0.5, 0.6) is 11.5 Å². The molecule has 0 saturated heterocycles. The molecule has 0 bridgehead atoms. The first-order chi connectivity index (χ1) is 12.0. The second-order valence-corrected chi connectivity index (χ2v) is 6.74. The van der Waals surface area contributed by atoms with Gasteiger partial charge in [0.05, 0.1) is 18.4 Å². The molecule has 0 radical (unpaired) electrons.